The molecule has 1 aromatic carbocycles. The zero-order valence-electron chi connectivity index (χ0n) is 12.7. The molecule has 4 nitrogen and oxygen atoms in total. The van der Waals surface area contributed by atoms with E-state index in [0.717, 1.165) is 11.3 Å². The molecule has 0 aliphatic carbocycles. The molecule has 1 fully saturated rings. The second kappa shape index (κ2) is 5.83. The summed E-state index contributed by atoms with van der Waals surface area (Å²) in [6.07, 6.45) is 0.240. The molecule has 0 radical (unpaired) electrons. The molecule has 0 saturated carbocycles. The Kier molecular flexibility index (Phi) is 4.33. The number of carbonyl (C=O) groups is 1. The fourth-order valence-corrected chi connectivity index (χ4v) is 2.63. The number of benzene rings is 1. The van der Waals surface area contributed by atoms with E-state index in [0.29, 0.717) is 19.6 Å². The number of hydrogen-bond donors (Lipinski definition) is 0. The number of carbonyl (C=O) groups excluding carboxylic acids is 1. The Hall–Kier alpha value is -1.55. The first-order chi connectivity index (χ1) is 9.44. The number of ether oxygens (including phenoxy) is 2. The van der Waals surface area contributed by atoms with E-state index in [2.05, 4.69) is 0 Å². The van der Waals surface area contributed by atoms with Gasteiger partial charge in [0.05, 0.1) is 25.2 Å². The van der Waals surface area contributed by atoms with Crippen LogP contribution in [0.2, 0.25) is 0 Å². The van der Waals surface area contributed by atoms with Gasteiger partial charge in [0, 0.05) is 0 Å². The third kappa shape index (κ3) is 3.12. The molecule has 1 atom stereocenters. The maximum Gasteiger partial charge on any atom is 0.229 e. The molecular formula is C16H23NO3. The highest BCUT2D eigenvalue weighted by Gasteiger charge is 2.41. The number of rotatable bonds is 4. The Morgan fingerprint density at radius 1 is 1.40 bits per heavy atom. The van der Waals surface area contributed by atoms with Gasteiger partial charge < -0.3 is 14.4 Å². The van der Waals surface area contributed by atoms with E-state index in [1.54, 1.807) is 0 Å². The Bertz CT molecular complexity index is 467. The zero-order chi connectivity index (χ0) is 14.8. The fourth-order valence-electron chi connectivity index (χ4n) is 2.63. The number of hydrogen-bond acceptors (Lipinski definition) is 3. The summed E-state index contributed by atoms with van der Waals surface area (Å²) >= 11 is 0. The van der Waals surface area contributed by atoms with E-state index in [-0.39, 0.29) is 17.7 Å². The predicted octanol–water partition coefficient (Wildman–Crippen LogP) is 2.61. The van der Waals surface area contributed by atoms with Crippen LogP contribution in [0.25, 0.3) is 0 Å². The monoisotopic (exact) mass is 277 g/mol. The minimum absolute atomic E-state index is 0.101. The minimum atomic E-state index is -0.234. The average Bonchev–Trinajstić information content (AvgIpc) is 2.66. The first-order valence-corrected chi connectivity index (χ1v) is 7.09. The Labute approximate surface area is 120 Å². The summed E-state index contributed by atoms with van der Waals surface area (Å²) in [6.45, 7) is 9.18. The van der Waals surface area contributed by atoms with Crippen LogP contribution in [-0.4, -0.2) is 35.8 Å². The smallest absolute Gasteiger partial charge is 0.229 e. The van der Waals surface area contributed by atoms with Crippen molar-refractivity contribution in [3.63, 3.8) is 0 Å². The van der Waals surface area contributed by atoms with E-state index in [1.807, 2.05) is 56.9 Å². The van der Waals surface area contributed by atoms with Crippen molar-refractivity contribution in [3.05, 3.63) is 29.8 Å². The van der Waals surface area contributed by atoms with Gasteiger partial charge in [-0.25, -0.2) is 0 Å². The first kappa shape index (κ1) is 14.9. The number of amides is 1. The van der Waals surface area contributed by atoms with Crippen molar-refractivity contribution in [3.8, 4) is 5.75 Å². The van der Waals surface area contributed by atoms with Gasteiger partial charge in [0.1, 0.15) is 12.0 Å². The lowest BCUT2D eigenvalue weighted by Gasteiger charge is -2.32. The van der Waals surface area contributed by atoms with Crippen molar-refractivity contribution in [1.82, 2.24) is 4.90 Å². The van der Waals surface area contributed by atoms with Crippen molar-refractivity contribution in [2.45, 2.75) is 45.9 Å². The molecule has 1 unspecified atom stereocenters. The largest absolute Gasteiger partial charge is 0.494 e. The quantitative estimate of drug-likeness (QED) is 0.849. The molecule has 1 aliphatic rings. The average molecular weight is 277 g/mol. The van der Waals surface area contributed by atoms with Crippen LogP contribution in [0.5, 0.6) is 5.75 Å². The standard InChI is InChI=1S/C16H23NO3/c1-5-19-14-8-6-13(7-9-14)10-15(18)17-12(2)20-11-16(17,3)4/h6-9,12H,5,10-11H2,1-4H3. The molecule has 4 heteroatoms. The minimum Gasteiger partial charge on any atom is -0.494 e. The summed E-state index contributed by atoms with van der Waals surface area (Å²) in [5.41, 5.74) is 0.759. The third-order valence-electron chi connectivity index (χ3n) is 3.55. The molecule has 1 amide bonds. The topological polar surface area (TPSA) is 38.8 Å². The van der Waals surface area contributed by atoms with E-state index in [1.165, 1.54) is 0 Å². The van der Waals surface area contributed by atoms with Gasteiger partial charge in [-0.1, -0.05) is 12.1 Å². The lowest BCUT2D eigenvalue weighted by atomic mass is 10.0. The Morgan fingerprint density at radius 2 is 2.05 bits per heavy atom. The Balaban J connectivity index is 2.04. The van der Waals surface area contributed by atoms with Crippen LogP contribution in [0.3, 0.4) is 0 Å². The predicted molar refractivity (Wildman–Crippen MR) is 77.7 cm³/mol. The van der Waals surface area contributed by atoms with Gasteiger partial charge in [-0.3, -0.25) is 4.79 Å². The summed E-state index contributed by atoms with van der Waals surface area (Å²) in [5.74, 6) is 0.936. The molecule has 1 aromatic rings. The van der Waals surface area contributed by atoms with Crippen molar-refractivity contribution in [2.75, 3.05) is 13.2 Å². The highest BCUT2D eigenvalue weighted by atomic mass is 16.5. The summed E-state index contributed by atoms with van der Waals surface area (Å²) in [6, 6.07) is 7.69. The van der Waals surface area contributed by atoms with Gasteiger partial charge in [-0.2, -0.15) is 0 Å². The van der Waals surface area contributed by atoms with Crippen LogP contribution in [-0.2, 0) is 16.0 Å². The summed E-state index contributed by atoms with van der Waals surface area (Å²) in [4.78, 5) is 14.3. The SMILES string of the molecule is CCOc1ccc(CC(=O)N2C(C)OCC2(C)C)cc1. The lowest BCUT2D eigenvalue weighted by Crippen LogP contribution is -2.48. The molecule has 1 aliphatic heterocycles. The van der Waals surface area contributed by atoms with E-state index in [4.69, 9.17) is 9.47 Å². The molecule has 110 valence electrons. The maximum absolute atomic E-state index is 12.5. The molecule has 20 heavy (non-hydrogen) atoms. The van der Waals surface area contributed by atoms with Gasteiger partial charge in [-0.05, 0) is 45.4 Å². The van der Waals surface area contributed by atoms with Gasteiger partial charge in [0.15, 0.2) is 0 Å². The summed E-state index contributed by atoms with van der Waals surface area (Å²) in [5, 5.41) is 0. The maximum atomic E-state index is 12.5. The normalized spacial score (nSPS) is 21.0. The molecule has 0 N–H and O–H groups in total. The fraction of sp³-hybridized carbons (Fsp3) is 0.562. The Morgan fingerprint density at radius 3 is 2.55 bits per heavy atom. The zero-order valence-corrected chi connectivity index (χ0v) is 12.7. The van der Waals surface area contributed by atoms with E-state index >= 15 is 0 Å². The second-order valence-corrected chi connectivity index (χ2v) is 5.74. The second-order valence-electron chi connectivity index (χ2n) is 5.74. The van der Waals surface area contributed by atoms with Crippen molar-refractivity contribution in [2.24, 2.45) is 0 Å². The summed E-state index contributed by atoms with van der Waals surface area (Å²) in [7, 11) is 0. The molecule has 0 spiro atoms. The molecule has 0 aromatic heterocycles. The van der Waals surface area contributed by atoms with E-state index < -0.39 is 0 Å². The molecule has 2 rings (SSSR count). The van der Waals surface area contributed by atoms with E-state index in [9.17, 15) is 4.79 Å². The first-order valence-electron chi connectivity index (χ1n) is 7.09. The third-order valence-corrected chi connectivity index (χ3v) is 3.55. The van der Waals surface area contributed by atoms with Crippen LogP contribution in [0.4, 0.5) is 0 Å². The highest BCUT2D eigenvalue weighted by Crippen LogP contribution is 2.27. The van der Waals surface area contributed by atoms with Crippen LogP contribution >= 0.6 is 0 Å². The van der Waals surface area contributed by atoms with Gasteiger partial charge in [0.2, 0.25) is 5.91 Å². The van der Waals surface area contributed by atoms with Gasteiger partial charge in [-0.15, -0.1) is 0 Å². The van der Waals surface area contributed by atoms with Crippen LogP contribution in [0.1, 0.15) is 33.3 Å². The summed E-state index contributed by atoms with van der Waals surface area (Å²) < 4.78 is 11.0. The number of nitrogens with zero attached hydrogens (tertiary/aromatic N) is 1. The van der Waals surface area contributed by atoms with Crippen molar-refractivity contribution >= 4 is 5.91 Å². The van der Waals surface area contributed by atoms with Crippen molar-refractivity contribution in [1.29, 1.82) is 0 Å². The van der Waals surface area contributed by atoms with Crippen LogP contribution < -0.4 is 4.74 Å². The lowest BCUT2D eigenvalue weighted by molar-refractivity contribution is -0.138. The van der Waals surface area contributed by atoms with Crippen molar-refractivity contribution < 1.29 is 14.3 Å². The van der Waals surface area contributed by atoms with Gasteiger partial charge >= 0.3 is 0 Å². The molecule has 1 heterocycles. The van der Waals surface area contributed by atoms with Crippen LogP contribution in [0.15, 0.2) is 24.3 Å². The molecular weight excluding hydrogens is 254 g/mol. The van der Waals surface area contributed by atoms with Crippen LogP contribution in [0, 0.1) is 0 Å². The molecule has 1 saturated heterocycles. The molecule has 0 bridgehead atoms. The van der Waals surface area contributed by atoms with Gasteiger partial charge in [0.25, 0.3) is 0 Å². The highest BCUT2D eigenvalue weighted by molar-refractivity contribution is 5.80.